The van der Waals surface area contributed by atoms with Gasteiger partial charge in [-0.1, -0.05) is 19.9 Å². The number of hydrogen-bond donors (Lipinski definition) is 1. The number of benzene rings is 1. The van der Waals surface area contributed by atoms with Crippen molar-refractivity contribution >= 4 is 11.7 Å². The first-order valence-corrected chi connectivity index (χ1v) is 6.48. The highest BCUT2D eigenvalue weighted by Crippen LogP contribution is 2.33. The molecule has 1 aromatic rings. The average Bonchev–Trinajstić information content (AvgIpc) is 2.28. The van der Waals surface area contributed by atoms with Crippen LogP contribution >= 0.6 is 0 Å². The van der Waals surface area contributed by atoms with Gasteiger partial charge in [0, 0.05) is 13.1 Å². The summed E-state index contributed by atoms with van der Waals surface area (Å²) in [5, 5.41) is 9.26. The van der Waals surface area contributed by atoms with E-state index in [0.29, 0.717) is 11.0 Å². The summed E-state index contributed by atoms with van der Waals surface area (Å²) >= 11 is 0. The molecule has 0 aromatic heterocycles. The van der Waals surface area contributed by atoms with Crippen molar-refractivity contribution in [2.45, 2.75) is 33.6 Å². The predicted molar refractivity (Wildman–Crippen MR) is 73.4 cm³/mol. The molecule has 3 nitrogen and oxygen atoms in total. The molecule has 0 spiro atoms. The van der Waals surface area contributed by atoms with Crippen LogP contribution in [0, 0.1) is 12.3 Å². The van der Waals surface area contributed by atoms with E-state index in [1.807, 2.05) is 19.1 Å². The van der Waals surface area contributed by atoms with Gasteiger partial charge < -0.3 is 10.0 Å². The molecule has 0 saturated carbocycles. The van der Waals surface area contributed by atoms with Crippen LogP contribution in [0.15, 0.2) is 18.2 Å². The summed E-state index contributed by atoms with van der Waals surface area (Å²) in [6.45, 7) is 8.44. The fourth-order valence-corrected chi connectivity index (χ4v) is 2.44. The summed E-state index contributed by atoms with van der Waals surface area (Å²) in [7, 11) is 0. The molecule has 1 aliphatic rings. The van der Waals surface area contributed by atoms with Gasteiger partial charge >= 0.3 is 5.97 Å². The number of nitrogens with zero attached hydrogens (tertiary/aromatic N) is 1. The second kappa shape index (κ2) is 4.63. The zero-order chi connectivity index (χ0) is 13.3. The molecular formula is C15H21NO2. The lowest BCUT2D eigenvalue weighted by Crippen LogP contribution is -2.38. The lowest BCUT2D eigenvalue weighted by molar-refractivity contribution is 0.0697. The lowest BCUT2D eigenvalue weighted by atomic mass is 9.82. The Kier molecular flexibility index (Phi) is 3.33. The third kappa shape index (κ3) is 2.66. The third-order valence-electron chi connectivity index (χ3n) is 3.84. The number of anilines is 1. The van der Waals surface area contributed by atoms with Crippen LogP contribution in [0.2, 0.25) is 0 Å². The van der Waals surface area contributed by atoms with E-state index in [1.54, 1.807) is 6.07 Å². The highest BCUT2D eigenvalue weighted by atomic mass is 16.4. The van der Waals surface area contributed by atoms with Crippen LogP contribution in [0.5, 0.6) is 0 Å². The standard InChI is InChI=1S/C15H21NO2/c1-11-4-5-12(14(17)18)13(10-11)16-8-6-15(2,3)7-9-16/h4-5,10H,6-9H2,1-3H3,(H,17,18). The minimum absolute atomic E-state index is 0.379. The largest absolute Gasteiger partial charge is 0.478 e. The second-order valence-corrected chi connectivity index (χ2v) is 5.98. The highest BCUT2D eigenvalue weighted by molar-refractivity contribution is 5.94. The summed E-state index contributed by atoms with van der Waals surface area (Å²) in [4.78, 5) is 13.5. The van der Waals surface area contributed by atoms with Gasteiger partial charge in [0.2, 0.25) is 0 Å². The number of aryl methyl sites for hydroxylation is 1. The van der Waals surface area contributed by atoms with E-state index in [9.17, 15) is 9.90 Å². The van der Waals surface area contributed by atoms with E-state index >= 15 is 0 Å². The molecule has 18 heavy (non-hydrogen) atoms. The van der Waals surface area contributed by atoms with Crippen molar-refractivity contribution in [3.8, 4) is 0 Å². The predicted octanol–water partition coefficient (Wildman–Crippen LogP) is 3.32. The lowest BCUT2D eigenvalue weighted by Gasteiger charge is -2.38. The summed E-state index contributed by atoms with van der Waals surface area (Å²) in [6, 6.07) is 5.56. The van der Waals surface area contributed by atoms with Gasteiger partial charge in [-0.2, -0.15) is 0 Å². The molecule has 1 fully saturated rings. The number of aromatic carboxylic acids is 1. The molecule has 98 valence electrons. The van der Waals surface area contributed by atoms with Crippen molar-refractivity contribution in [1.82, 2.24) is 0 Å². The van der Waals surface area contributed by atoms with Gasteiger partial charge in [-0.25, -0.2) is 4.79 Å². The van der Waals surface area contributed by atoms with Crippen molar-refractivity contribution in [2.75, 3.05) is 18.0 Å². The van der Waals surface area contributed by atoms with Crippen LogP contribution in [-0.2, 0) is 0 Å². The number of piperidine rings is 1. The maximum Gasteiger partial charge on any atom is 0.337 e. The average molecular weight is 247 g/mol. The Bertz CT molecular complexity index is 456. The zero-order valence-electron chi connectivity index (χ0n) is 11.4. The number of carboxylic acids is 1. The Morgan fingerprint density at radius 1 is 1.28 bits per heavy atom. The molecule has 0 atom stereocenters. The molecule has 0 bridgehead atoms. The second-order valence-electron chi connectivity index (χ2n) is 5.98. The monoisotopic (exact) mass is 247 g/mol. The Hall–Kier alpha value is -1.51. The smallest absolute Gasteiger partial charge is 0.337 e. The van der Waals surface area contributed by atoms with E-state index in [1.165, 1.54) is 0 Å². The van der Waals surface area contributed by atoms with Gasteiger partial charge in [-0.05, 0) is 42.9 Å². The van der Waals surface area contributed by atoms with Crippen molar-refractivity contribution < 1.29 is 9.90 Å². The van der Waals surface area contributed by atoms with Crippen molar-refractivity contribution in [3.05, 3.63) is 29.3 Å². The first-order valence-electron chi connectivity index (χ1n) is 6.48. The topological polar surface area (TPSA) is 40.5 Å². The third-order valence-corrected chi connectivity index (χ3v) is 3.84. The number of carboxylic acid groups (broad SMARTS) is 1. The van der Waals surface area contributed by atoms with Gasteiger partial charge in [-0.15, -0.1) is 0 Å². The number of hydrogen-bond acceptors (Lipinski definition) is 2. The molecule has 0 unspecified atom stereocenters. The van der Waals surface area contributed by atoms with Crippen molar-refractivity contribution in [3.63, 3.8) is 0 Å². The van der Waals surface area contributed by atoms with E-state index in [4.69, 9.17) is 0 Å². The van der Waals surface area contributed by atoms with E-state index < -0.39 is 5.97 Å². The van der Waals surface area contributed by atoms with Crippen LogP contribution in [0.3, 0.4) is 0 Å². The molecule has 0 aliphatic carbocycles. The minimum atomic E-state index is -0.838. The fraction of sp³-hybridized carbons (Fsp3) is 0.533. The first kappa shape index (κ1) is 12.9. The maximum atomic E-state index is 11.3. The van der Waals surface area contributed by atoms with E-state index in [-0.39, 0.29) is 0 Å². The molecule has 3 heteroatoms. The Balaban J connectivity index is 2.28. The van der Waals surface area contributed by atoms with Crippen molar-refractivity contribution in [1.29, 1.82) is 0 Å². The van der Waals surface area contributed by atoms with Gasteiger partial charge in [0.1, 0.15) is 0 Å². The van der Waals surface area contributed by atoms with Crippen LogP contribution < -0.4 is 4.90 Å². The van der Waals surface area contributed by atoms with Gasteiger partial charge in [0.05, 0.1) is 11.3 Å². The molecule has 0 amide bonds. The number of rotatable bonds is 2. The molecule has 0 radical (unpaired) electrons. The quantitative estimate of drug-likeness (QED) is 0.871. The Morgan fingerprint density at radius 2 is 1.89 bits per heavy atom. The maximum absolute atomic E-state index is 11.3. The highest BCUT2D eigenvalue weighted by Gasteiger charge is 2.27. The fourth-order valence-electron chi connectivity index (χ4n) is 2.44. The van der Waals surface area contributed by atoms with Crippen molar-refractivity contribution in [2.24, 2.45) is 5.41 Å². The zero-order valence-corrected chi connectivity index (χ0v) is 11.4. The summed E-state index contributed by atoms with van der Waals surface area (Å²) < 4.78 is 0. The first-order chi connectivity index (χ1) is 8.39. The SMILES string of the molecule is Cc1ccc(C(=O)O)c(N2CCC(C)(C)CC2)c1. The molecule has 1 saturated heterocycles. The Labute approximate surface area is 108 Å². The van der Waals surface area contributed by atoms with Gasteiger partial charge in [0.25, 0.3) is 0 Å². The van der Waals surface area contributed by atoms with Gasteiger partial charge in [0.15, 0.2) is 0 Å². The van der Waals surface area contributed by atoms with Crippen LogP contribution in [0.4, 0.5) is 5.69 Å². The Morgan fingerprint density at radius 3 is 2.44 bits per heavy atom. The normalized spacial score (nSPS) is 18.7. The van der Waals surface area contributed by atoms with E-state index in [2.05, 4.69) is 18.7 Å². The molecular weight excluding hydrogens is 226 g/mol. The van der Waals surface area contributed by atoms with Crippen LogP contribution in [0.1, 0.15) is 42.6 Å². The minimum Gasteiger partial charge on any atom is -0.478 e. The van der Waals surface area contributed by atoms with E-state index in [0.717, 1.165) is 37.2 Å². The van der Waals surface area contributed by atoms with Crippen LogP contribution in [0.25, 0.3) is 0 Å². The molecule has 1 aliphatic heterocycles. The molecule has 1 aromatic carbocycles. The van der Waals surface area contributed by atoms with Gasteiger partial charge in [-0.3, -0.25) is 0 Å². The summed E-state index contributed by atoms with van der Waals surface area (Å²) in [5.74, 6) is -0.838. The molecule has 1 N–H and O–H groups in total. The van der Waals surface area contributed by atoms with Crippen LogP contribution in [-0.4, -0.2) is 24.2 Å². The molecule has 2 rings (SSSR count). The number of carbonyl (C=O) groups is 1. The molecule has 1 heterocycles. The summed E-state index contributed by atoms with van der Waals surface area (Å²) in [6.07, 6.45) is 2.22. The summed E-state index contributed by atoms with van der Waals surface area (Å²) in [5.41, 5.74) is 2.78.